The van der Waals surface area contributed by atoms with E-state index in [9.17, 15) is 4.39 Å². The lowest BCUT2D eigenvalue weighted by Crippen LogP contribution is -2.29. The second kappa shape index (κ2) is 6.13. The highest BCUT2D eigenvalue weighted by molar-refractivity contribution is 5.76. The Labute approximate surface area is 134 Å². The SMILES string of the molecule is Fc1cccc(-c2nc3cc(CN4CCCCC4)ccc3o2)c1. The molecule has 2 heterocycles. The Morgan fingerprint density at radius 1 is 1.04 bits per heavy atom. The summed E-state index contributed by atoms with van der Waals surface area (Å²) in [5, 5.41) is 0. The van der Waals surface area contributed by atoms with Gasteiger partial charge in [0.05, 0.1) is 0 Å². The molecule has 118 valence electrons. The molecule has 0 amide bonds. The van der Waals surface area contributed by atoms with E-state index in [1.807, 2.05) is 12.1 Å². The molecule has 0 N–H and O–H groups in total. The minimum absolute atomic E-state index is 0.282. The maximum atomic E-state index is 13.4. The van der Waals surface area contributed by atoms with Crippen molar-refractivity contribution in [3.63, 3.8) is 0 Å². The van der Waals surface area contributed by atoms with Crippen molar-refractivity contribution < 1.29 is 8.81 Å². The van der Waals surface area contributed by atoms with Gasteiger partial charge in [-0.15, -0.1) is 0 Å². The number of aromatic nitrogens is 1. The number of piperidine rings is 1. The lowest BCUT2D eigenvalue weighted by atomic mass is 10.1. The summed E-state index contributed by atoms with van der Waals surface area (Å²) in [6.07, 6.45) is 3.92. The molecule has 0 aliphatic carbocycles. The molecule has 0 atom stereocenters. The van der Waals surface area contributed by atoms with E-state index in [1.165, 1.54) is 50.0 Å². The smallest absolute Gasteiger partial charge is 0.227 e. The molecule has 1 aliphatic rings. The first kappa shape index (κ1) is 14.4. The Morgan fingerprint density at radius 3 is 2.74 bits per heavy atom. The van der Waals surface area contributed by atoms with Crippen molar-refractivity contribution in [2.45, 2.75) is 25.8 Å². The van der Waals surface area contributed by atoms with Crippen molar-refractivity contribution in [3.05, 3.63) is 53.8 Å². The lowest BCUT2D eigenvalue weighted by molar-refractivity contribution is 0.221. The molecule has 23 heavy (non-hydrogen) atoms. The number of rotatable bonds is 3. The van der Waals surface area contributed by atoms with Gasteiger partial charge in [-0.3, -0.25) is 4.90 Å². The first-order valence-electron chi connectivity index (χ1n) is 8.16. The first-order chi connectivity index (χ1) is 11.3. The van der Waals surface area contributed by atoms with Crippen LogP contribution in [-0.4, -0.2) is 23.0 Å². The van der Waals surface area contributed by atoms with Crippen LogP contribution in [0.25, 0.3) is 22.6 Å². The summed E-state index contributed by atoms with van der Waals surface area (Å²) in [6.45, 7) is 3.30. The predicted molar refractivity (Wildman–Crippen MR) is 88.5 cm³/mol. The van der Waals surface area contributed by atoms with Crippen LogP contribution in [0.5, 0.6) is 0 Å². The van der Waals surface area contributed by atoms with Gasteiger partial charge in [0.2, 0.25) is 5.89 Å². The Morgan fingerprint density at radius 2 is 1.91 bits per heavy atom. The predicted octanol–water partition coefficient (Wildman–Crippen LogP) is 4.62. The highest BCUT2D eigenvalue weighted by Gasteiger charge is 2.13. The summed E-state index contributed by atoms with van der Waals surface area (Å²) in [6, 6.07) is 12.5. The maximum Gasteiger partial charge on any atom is 0.227 e. The average molecular weight is 310 g/mol. The Kier molecular flexibility index (Phi) is 3.83. The molecule has 4 heteroatoms. The summed E-state index contributed by atoms with van der Waals surface area (Å²) in [5.74, 6) is 0.185. The quantitative estimate of drug-likeness (QED) is 0.707. The monoisotopic (exact) mass is 310 g/mol. The number of halogens is 1. The van der Waals surface area contributed by atoms with Crippen molar-refractivity contribution in [1.82, 2.24) is 9.88 Å². The van der Waals surface area contributed by atoms with E-state index in [-0.39, 0.29) is 5.82 Å². The molecule has 1 saturated heterocycles. The number of oxazole rings is 1. The molecule has 1 fully saturated rings. The van der Waals surface area contributed by atoms with Gasteiger partial charge in [0, 0.05) is 12.1 Å². The summed E-state index contributed by atoms with van der Waals surface area (Å²) >= 11 is 0. The summed E-state index contributed by atoms with van der Waals surface area (Å²) in [4.78, 5) is 7.01. The van der Waals surface area contributed by atoms with Gasteiger partial charge in [-0.2, -0.15) is 0 Å². The second-order valence-corrected chi connectivity index (χ2v) is 6.17. The highest BCUT2D eigenvalue weighted by atomic mass is 19.1. The number of nitrogens with zero attached hydrogens (tertiary/aromatic N) is 2. The molecule has 0 bridgehead atoms. The van der Waals surface area contributed by atoms with E-state index in [4.69, 9.17) is 4.42 Å². The van der Waals surface area contributed by atoms with E-state index in [0.29, 0.717) is 11.5 Å². The normalized spacial score (nSPS) is 16.0. The molecule has 0 unspecified atom stereocenters. The van der Waals surface area contributed by atoms with Crippen molar-refractivity contribution in [1.29, 1.82) is 0 Å². The minimum Gasteiger partial charge on any atom is -0.436 e. The van der Waals surface area contributed by atoms with E-state index >= 15 is 0 Å². The molecular weight excluding hydrogens is 291 g/mol. The molecule has 4 rings (SSSR count). The molecular formula is C19H19FN2O. The van der Waals surface area contributed by atoms with Crippen molar-refractivity contribution in [2.75, 3.05) is 13.1 Å². The van der Waals surface area contributed by atoms with Gasteiger partial charge in [-0.1, -0.05) is 18.6 Å². The second-order valence-electron chi connectivity index (χ2n) is 6.17. The van der Waals surface area contributed by atoms with Gasteiger partial charge in [0.25, 0.3) is 0 Å². The van der Waals surface area contributed by atoms with E-state index in [0.717, 1.165) is 17.6 Å². The van der Waals surface area contributed by atoms with Crippen LogP contribution >= 0.6 is 0 Å². The van der Waals surface area contributed by atoms with Crippen LogP contribution in [0.4, 0.5) is 4.39 Å². The van der Waals surface area contributed by atoms with Gasteiger partial charge < -0.3 is 4.42 Å². The fourth-order valence-corrected chi connectivity index (χ4v) is 3.19. The summed E-state index contributed by atoms with van der Waals surface area (Å²) in [5.41, 5.74) is 3.49. The van der Waals surface area contributed by atoms with Gasteiger partial charge in [-0.25, -0.2) is 9.37 Å². The molecule has 2 aromatic carbocycles. The fourth-order valence-electron chi connectivity index (χ4n) is 3.19. The summed E-state index contributed by atoms with van der Waals surface area (Å²) in [7, 11) is 0. The Bertz CT molecular complexity index is 821. The van der Waals surface area contributed by atoms with Gasteiger partial charge in [0.15, 0.2) is 5.58 Å². The number of fused-ring (bicyclic) bond motifs is 1. The minimum atomic E-state index is -0.282. The maximum absolute atomic E-state index is 13.4. The number of likely N-dealkylation sites (tertiary alicyclic amines) is 1. The number of hydrogen-bond acceptors (Lipinski definition) is 3. The van der Waals surface area contributed by atoms with Crippen LogP contribution in [0, 0.1) is 5.82 Å². The van der Waals surface area contributed by atoms with Crippen molar-refractivity contribution >= 4 is 11.1 Å². The van der Waals surface area contributed by atoms with Gasteiger partial charge >= 0.3 is 0 Å². The molecule has 0 saturated carbocycles. The van der Waals surface area contributed by atoms with E-state index in [2.05, 4.69) is 22.0 Å². The van der Waals surface area contributed by atoms with Crippen molar-refractivity contribution in [3.8, 4) is 11.5 Å². The molecule has 1 aliphatic heterocycles. The molecule has 3 nitrogen and oxygen atoms in total. The third-order valence-electron chi connectivity index (χ3n) is 4.38. The van der Waals surface area contributed by atoms with Crippen LogP contribution in [0.15, 0.2) is 46.9 Å². The zero-order chi connectivity index (χ0) is 15.6. The first-order valence-corrected chi connectivity index (χ1v) is 8.16. The number of hydrogen-bond donors (Lipinski definition) is 0. The van der Waals surface area contributed by atoms with Crippen LogP contribution < -0.4 is 0 Å². The van der Waals surface area contributed by atoms with Crippen LogP contribution in [0.2, 0.25) is 0 Å². The number of benzene rings is 2. The van der Waals surface area contributed by atoms with Gasteiger partial charge in [0.1, 0.15) is 11.3 Å². The van der Waals surface area contributed by atoms with E-state index in [1.54, 1.807) is 6.07 Å². The Hall–Kier alpha value is -2.20. The zero-order valence-electron chi connectivity index (χ0n) is 13.0. The van der Waals surface area contributed by atoms with Crippen LogP contribution in [0.1, 0.15) is 24.8 Å². The topological polar surface area (TPSA) is 29.3 Å². The Balaban J connectivity index is 1.61. The van der Waals surface area contributed by atoms with Crippen molar-refractivity contribution in [2.24, 2.45) is 0 Å². The standard InChI is InChI=1S/C19H19FN2O/c20-16-6-4-5-15(12-16)19-21-17-11-14(7-8-18(17)23-19)13-22-9-2-1-3-10-22/h4-8,11-12H,1-3,9-10,13H2. The van der Waals surface area contributed by atoms with Crippen LogP contribution in [0.3, 0.4) is 0 Å². The molecule has 0 radical (unpaired) electrons. The van der Waals surface area contributed by atoms with Gasteiger partial charge in [-0.05, 0) is 61.8 Å². The van der Waals surface area contributed by atoms with Crippen LogP contribution in [-0.2, 0) is 6.54 Å². The third-order valence-corrected chi connectivity index (χ3v) is 4.38. The average Bonchev–Trinajstić information content (AvgIpc) is 2.99. The fraction of sp³-hybridized carbons (Fsp3) is 0.316. The van der Waals surface area contributed by atoms with E-state index < -0.39 is 0 Å². The lowest BCUT2D eigenvalue weighted by Gasteiger charge is -2.26. The molecule has 0 spiro atoms. The zero-order valence-corrected chi connectivity index (χ0v) is 13.0. The molecule has 1 aromatic heterocycles. The molecule has 3 aromatic rings. The third kappa shape index (κ3) is 3.13. The highest BCUT2D eigenvalue weighted by Crippen LogP contribution is 2.26. The largest absolute Gasteiger partial charge is 0.436 e. The summed E-state index contributed by atoms with van der Waals surface area (Å²) < 4.78 is 19.1.